The smallest absolute Gasteiger partial charge is 0.301 e. The number of amides is 1. The molecule has 0 saturated carbocycles. The van der Waals surface area contributed by atoms with E-state index in [2.05, 4.69) is 4.98 Å². The van der Waals surface area contributed by atoms with E-state index in [0.29, 0.717) is 16.8 Å². The highest BCUT2D eigenvalue weighted by Gasteiger charge is 2.48. The van der Waals surface area contributed by atoms with Gasteiger partial charge in [-0.2, -0.15) is 0 Å². The Morgan fingerprint density at radius 2 is 1.65 bits per heavy atom. The molecule has 6 nitrogen and oxygen atoms in total. The van der Waals surface area contributed by atoms with Crippen molar-refractivity contribution in [2.45, 2.75) is 6.04 Å². The van der Waals surface area contributed by atoms with E-state index in [9.17, 15) is 23.5 Å². The summed E-state index contributed by atoms with van der Waals surface area (Å²) >= 11 is 1.18. The van der Waals surface area contributed by atoms with Gasteiger partial charge in [-0.25, -0.2) is 13.8 Å². The SMILES string of the molecule is COc1ccc2nc(N3C(=O)C(=O)/C(=C(/O)c4ccc(F)cc4)[C@H]3c3ccc(F)cc3)sc2c1. The molecule has 0 radical (unpaired) electrons. The third kappa shape index (κ3) is 3.60. The maximum Gasteiger partial charge on any atom is 0.301 e. The molecule has 1 aliphatic heterocycles. The number of Topliss-reactive ketones (excluding diaryl/α,β-unsaturated/α-hetero) is 1. The summed E-state index contributed by atoms with van der Waals surface area (Å²) in [5.74, 6) is -2.67. The topological polar surface area (TPSA) is 79.7 Å². The van der Waals surface area contributed by atoms with Crippen molar-refractivity contribution in [3.63, 3.8) is 0 Å². The monoisotopic (exact) mass is 478 g/mol. The van der Waals surface area contributed by atoms with Crippen LogP contribution < -0.4 is 9.64 Å². The molecule has 1 saturated heterocycles. The highest BCUT2D eigenvalue weighted by atomic mass is 32.1. The standard InChI is InChI=1S/C25H16F2N2O4S/c1-33-17-10-11-18-19(12-17)34-25(28-18)29-21(13-2-6-15(26)7-3-13)20(23(31)24(29)32)22(30)14-4-8-16(27)9-5-14/h2-12,21,30H,1H3/b22-20+/t21-/m1/s1. The lowest BCUT2D eigenvalue weighted by Gasteiger charge is -2.23. The van der Waals surface area contributed by atoms with E-state index < -0.39 is 35.1 Å². The van der Waals surface area contributed by atoms with Crippen molar-refractivity contribution in [2.75, 3.05) is 12.0 Å². The number of methoxy groups -OCH3 is 1. The number of hydrogen-bond acceptors (Lipinski definition) is 6. The number of rotatable bonds is 4. The number of aliphatic hydroxyl groups excluding tert-OH is 1. The zero-order valence-corrected chi connectivity index (χ0v) is 18.5. The molecule has 1 aliphatic rings. The van der Waals surface area contributed by atoms with Crippen molar-refractivity contribution in [3.8, 4) is 5.75 Å². The normalized spacial score (nSPS) is 17.5. The number of halogens is 2. The van der Waals surface area contributed by atoms with Crippen LogP contribution in [0, 0.1) is 11.6 Å². The van der Waals surface area contributed by atoms with Crippen LogP contribution in [0.2, 0.25) is 0 Å². The van der Waals surface area contributed by atoms with Gasteiger partial charge in [0.15, 0.2) is 5.13 Å². The Labute approximate surface area is 196 Å². The van der Waals surface area contributed by atoms with Crippen molar-refractivity contribution < 1.29 is 28.2 Å². The molecule has 0 spiro atoms. The third-order valence-electron chi connectivity index (χ3n) is 5.54. The number of benzene rings is 3. The van der Waals surface area contributed by atoms with Crippen molar-refractivity contribution in [1.82, 2.24) is 4.98 Å². The van der Waals surface area contributed by atoms with Crippen LogP contribution in [0.25, 0.3) is 16.0 Å². The number of ether oxygens (including phenoxy) is 1. The zero-order valence-electron chi connectivity index (χ0n) is 17.7. The number of anilines is 1. The van der Waals surface area contributed by atoms with E-state index in [1.807, 2.05) is 0 Å². The van der Waals surface area contributed by atoms with Crippen LogP contribution in [0.5, 0.6) is 5.75 Å². The fraction of sp³-hybridized carbons (Fsp3) is 0.0800. The number of carbonyl (C=O) groups excluding carboxylic acids is 2. The summed E-state index contributed by atoms with van der Waals surface area (Å²) in [5, 5.41) is 11.2. The van der Waals surface area contributed by atoms with E-state index in [1.54, 1.807) is 18.2 Å². The van der Waals surface area contributed by atoms with Crippen LogP contribution >= 0.6 is 11.3 Å². The molecule has 1 N–H and O–H groups in total. The van der Waals surface area contributed by atoms with Crippen LogP contribution in [0.1, 0.15) is 17.2 Å². The number of ketones is 1. The first-order valence-electron chi connectivity index (χ1n) is 10.1. The molecule has 1 amide bonds. The minimum atomic E-state index is -1.06. The summed E-state index contributed by atoms with van der Waals surface area (Å²) in [4.78, 5) is 32.0. The van der Waals surface area contributed by atoms with Gasteiger partial charge in [-0.15, -0.1) is 0 Å². The van der Waals surface area contributed by atoms with Gasteiger partial charge >= 0.3 is 5.91 Å². The van der Waals surface area contributed by atoms with Crippen LogP contribution in [0.4, 0.5) is 13.9 Å². The number of hydrogen-bond donors (Lipinski definition) is 1. The molecule has 1 atom stereocenters. The summed E-state index contributed by atoms with van der Waals surface area (Å²) in [5.41, 5.74) is 0.973. The Morgan fingerprint density at radius 3 is 2.29 bits per heavy atom. The van der Waals surface area contributed by atoms with E-state index >= 15 is 0 Å². The molecule has 0 unspecified atom stereocenters. The van der Waals surface area contributed by atoms with Gasteiger partial charge in [0.25, 0.3) is 5.78 Å². The van der Waals surface area contributed by atoms with Crippen molar-refractivity contribution in [2.24, 2.45) is 0 Å². The van der Waals surface area contributed by atoms with E-state index in [0.717, 1.165) is 16.8 Å². The second-order valence-corrected chi connectivity index (χ2v) is 8.57. The Bertz CT molecular complexity index is 1460. The van der Waals surface area contributed by atoms with E-state index in [4.69, 9.17) is 4.74 Å². The van der Waals surface area contributed by atoms with Crippen molar-refractivity contribution >= 4 is 44.1 Å². The molecule has 5 rings (SSSR count). The summed E-state index contributed by atoms with van der Waals surface area (Å²) in [6.07, 6.45) is 0. The lowest BCUT2D eigenvalue weighted by molar-refractivity contribution is -0.132. The fourth-order valence-electron chi connectivity index (χ4n) is 3.88. The molecular formula is C25H16F2N2O4S. The van der Waals surface area contributed by atoms with Crippen LogP contribution in [0.3, 0.4) is 0 Å². The molecule has 2 heterocycles. The summed E-state index contributed by atoms with van der Waals surface area (Å²) in [6, 6.07) is 14.3. The Balaban J connectivity index is 1.71. The Morgan fingerprint density at radius 1 is 1.00 bits per heavy atom. The predicted octanol–water partition coefficient (Wildman–Crippen LogP) is 5.21. The van der Waals surface area contributed by atoms with Crippen LogP contribution in [-0.2, 0) is 9.59 Å². The molecule has 3 aromatic carbocycles. The van der Waals surface area contributed by atoms with Gasteiger partial charge in [0.05, 0.1) is 28.9 Å². The molecule has 34 heavy (non-hydrogen) atoms. The van der Waals surface area contributed by atoms with Crippen molar-refractivity contribution in [1.29, 1.82) is 0 Å². The quantitative estimate of drug-likeness (QED) is 0.248. The van der Waals surface area contributed by atoms with Gasteiger partial charge in [0.1, 0.15) is 23.1 Å². The first-order chi connectivity index (χ1) is 16.4. The lowest BCUT2D eigenvalue weighted by atomic mass is 9.95. The van der Waals surface area contributed by atoms with Crippen molar-refractivity contribution in [3.05, 3.63) is 95.1 Å². The van der Waals surface area contributed by atoms with Crippen LogP contribution in [0.15, 0.2) is 72.3 Å². The number of aromatic nitrogens is 1. The second-order valence-electron chi connectivity index (χ2n) is 7.56. The number of aliphatic hydroxyl groups is 1. The Hall–Kier alpha value is -4.11. The predicted molar refractivity (Wildman–Crippen MR) is 124 cm³/mol. The van der Waals surface area contributed by atoms with Gasteiger partial charge in [-0.1, -0.05) is 23.5 Å². The van der Waals surface area contributed by atoms with E-state index in [1.165, 1.54) is 59.7 Å². The van der Waals surface area contributed by atoms with Gasteiger partial charge in [-0.05, 0) is 60.2 Å². The maximum absolute atomic E-state index is 13.7. The average molecular weight is 478 g/mol. The second kappa shape index (κ2) is 8.35. The molecule has 170 valence electrons. The lowest BCUT2D eigenvalue weighted by Crippen LogP contribution is -2.29. The number of carbonyl (C=O) groups is 2. The first kappa shape index (κ1) is 21.7. The van der Waals surface area contributed by atoms with Gasteiger partial charge in [0.2, 0.25) is 0 Å². The highest BCUT2D eigenvalue weighted by Crippen LogP contribution is 2.44. The summed E-state index contributed by atoms with van der Waals surface area (Å²) < 4.78 is 33.0. The summed E-state index contributed by atoms with van der Waals surface area (Å²) in [6.45, 7) is 0. The minimum absolute atomic E-state index is 0.167. The average Bonchev–Trinajstić information content (AvgIpc) is 3.37. The maximum atomic E-state index is 13.7. The van der Waals surface area contributed by atoms with Crippen LogP contribution in [-0.4, -0.2) is 28.9 Å². The third-order valence-corrected chi connectivity index (χ3v) is 6.56. The highest BCUT2D eigenvalue weighted by molar-refractivity contribution is 7.22. The number of fused-ring (bicyclic) bond motifs is 1. The molecule has 9 heteroatoms. The van der Waals surface area contributed by atoms with Gasteiger partial charge in [0, 0.05) is 5.56 Å². The minimum Gasteiger partial charge on any atom is -0.507 e. The number of thiazole rings is 1. The molecule has 4 aromatic rings. The molecule has 0 bridgehead atoms. The fourth-order valence-corrected chi connectivity index (χ4v) is 4.90. The van der Waals surface area contributed by atoms with Gasteiger partial charge < -0.3 is 9.84 Å². The molecule has 1 aromatic heterocycles. The molecule has 1 fully saturated rings. The number of nitrogens with zero attached hydrogens (tertiary/aromatic N) is 2. The largest absolute Gasteiger partial charge is 0.507 e. The Kier molecular flexibility index (Phi) is 5.33. The summed E-state index contributed by atoms with van der Waals surface area (Å²) in [7, 11) is 1.53. The zero-order chi connectivity index (χ0) is 24.0. The van der Waals surface area contributed by atoms with Gasteiger partial charge in [-0.3, -0.25) is 14.5 Å². The van der Waals surface area contributed by atoms with E-state index in [-0.39, 0.29) is 16.3 Å². The first-order valence-corrected chi connectivity index (χ1v) is 11.0. The molecular weight excluding hydrogens is 462 g/mol. The molecule has 0 aliphatic carbocycles.